The van der Waals surface area contributed by atoms with Gasteiger partial charge in [0.2, 0.25) is 0 Å². The summed E-state index contributed by atoms with van der Waals surface area (Å²) in [7, 11) is -1.73. The molecule has 3 heteroatoms. The lowest BCUT2D eigenvalue weighted by molar-refractivity contribution is -0.113. The van der Waals surface area contributed by atoms with Gasteiger partial charge in [-0.1, -0.05) is 64.8 Å². The Morgan fingerprint density at radius 2 is 1.77 bits per heavy atom. The molecule has 4 rings (SSSR count). The molecule has 0 saturated heterocycles. The summed E-state index contributed by atoms with van der Waals surface area (Å²) in [6, 6.07) is 0. The molecule has 3 fully saturated rings. The molecule has 0 spiro atoms. The Balaban J connectivity index is 1.57. The van der Waals surface area contributed by atoms with Gasteiger partial charge in [-0.25, -0.2) is 0 Å². The highest BCUT2D eigenvalue weighted by atomic mass is 28.4. The smallest absolute Gasteiger partial charge is 0.192 e. The first kappa shape index (κ1) is 23.5. The monoisotopic (exact) mass is 442 g/mol. The standard InChI is InChI=1S/C28H46O2Si/c1-19(18-29)23-11-12-24-22-10-9-20-17-21(30-31(7,8)26(2,3)4)13-15-27(20,5)25(22)14-16-28(23,24)6/h9-10,18-19,21,23-25H,11-17H2,1-8H3/t19-,21?,23+,24-,25-,27-,28+/m0/s1. The summed E-state index contributed by atoms with van der Waals surface area (Å²) in [5.74, 6) is 2.13. The zero-order valence-corrected chi connectivity index (χ0v) is 22.4. The van der Waals surface area contributed by atoms with Crippen molar-refractivity contribution in [2.75, 3.05) is 0 Å². The summed E-state index contributed by atoms with van der Waals surface area (Å²) in [6.45, 7) is 19.0. The molecule has 0 aliphatic heterocycles. The van der Waals surface area contributed by atoms with E-state index < -0.39 is 8.32 Å². The first-order chi connectivity index (χ1) is 14.3. The SMILES string of the molecule is C[C@@H](C=O)[C@H]1CC[C@H]2C3=CC=C4CC(O[Si](C)(C)C(C)(C)C)CC[C@]4(C)[C@H]3CC[C@]12C. The lowest BCUT2D eigenvalue weighted by Gasteiger charge is -2.55. The van der Waals surface area contributed by atoms with Crippen LogP contribution in [0.2, 0.25) is 18.1 Å². The van der Waals surface area contributed by atoms with Crippen LogP contribution in [0.4, 0.5) is 0 Å². The third kappa shape index (κ3) is 3.66. The quantitative estimate of drug-likeness (QED) is 0.329. The van der Waals surface area contributed by atoms with Gasteiger partial charge in [-0.15, -0.1) is 0 Å². The summed E-state index contributed by atoms with van der Waals surface area (Å²) in [5, 5.41) is 0.271. The summed E-state index contributed by atoms with van der Waals surface area (Å²) in [5.41, 5.74) is 4.00. The van der Waals surface area contributed by atoms with Crippen molar-refractivity contribution in [1.82, 2.24) is 0 Å². The van der Waals surface area contributed by atoms with Gasteiger partial charge >= 0.3 is 0 Å². The topological polar surface area (TPSA) is 26.3 Å². The van der Waals surface area contributed by atoms with Crippen molar-refractivity contribution in [2.45, 2.75) is 111 Å². The van der Waals surface area contributed by atoms with Gasteiger partial charge in [-0.3, -0.25) is 0 Å². The van der Waals surface area contributed by atoms with Crippen LogP contribution in [0.3, 0.4) is 0 Å². The minimum atomic E-state index is -1.73. The maximum absolute atomic E-state index is 11.6. The molecule has 0 bridgehead atoms. The highest BCUT2D eigenvalue weighted by Crippen LogP contribution is 2.66. The van der Waals surface area contributed by atoms with Crippen LogP contribution < -0.4 is 0 Å². The number of fused-ring (bicyclic) bond motifs is 5. The maximum Gasteiger partial charge on any atom is 0.192 e. The summed E-state index contributed by atoms with van der Waals surface area (Å²) in [4.78, 5) is 11.6. The first-order valence-corrected chi connectivity index (χ1v) is 15.8. The molecule has 0 radical (unpaired) electrons. The molecule has 0 aromatic rings. The number of allylic oxidation sites excluding steroid dienone is 3. The molecule has 0 aromatic heterocycles. The van der Waals surface area contributed by atoms with Crippen LogP contribution in [-0.4, -0.2) is 20.7 Å². The molecule has 0 N–H and O–H groups in total. The Hall–Kier alpha value is -0.673. The highest BCUT2D eigenvalue weighted by molar-refractivity contribution is 6.74. The maximum atomic E-state index is 11.6. The third-order valence-corrected chi connectivity index (χ3v) is 15.3. The zero-order chi connectivity index (χ0) is 22.8. The number of carbonyl (C=O) groups is 1. The van der Waals surface area contributed by atoms with E-state index in [1.807, 2.05) is 0 Å². The molecular weight excluding hydrogens is 396 g/mol. The Labute approximate surface area is 192 Å². The van der Waals surface area contributed by atoms with Crippen molar-refractivity contribution < 1.29 is 9.22 Å². The van der Waals surface area contributed by atoms with Crippen LogP contribution >= 0.6 is 0 Å². The van der Waals surface area contributed by atoms with E-state index in [0.29, 0.717) is 34.7 Å². The van der Waals surface area contributed by atoms with E-state index in [9.17, 15) is 4.79 Å². The van der Waals surface area contributed by atoms with E-state index in [1.165, 1.54) is 44.8 Å². The molecule has 0 aromatic carbocycles. The van der Waals surface area contributed by atoms with Crippen molar-refractivity contribution in [3.63, 3.8) is 0 Å². The van der Waals surface area contributed by atoms with Gasteiger partial charge in [-0.2, -0.15) is 0 Å². The predicted octanol–water partition coefficient (Wildman–Crippen LogP) is 7.71. The fourth-order valence-corrected chi connectivity index (χ4v) is 9.05. The molecule has 3 saturated carbocycles. The molecule has 4 aliphatic carbocycles. The van der Waals surface area contributed by atoms with Crippen LogP contribution in [0, 0.1) is 34.5 Å². The van der Waals surface area contributed by atoms with E-state index in [1.54, 1.807) is 11.1 Å². The Morgan fingerprint density at radius 1 is 1.06 bits per heavy atom. The van der Waals surface area contributed by atoms with E-state index in [0.717, 1.165) is 6.42 Å². The molecule has 174 valence electrons. The van der Waals surface area contributed by atoms with E-state index in [2.05, 4.69) is 66.8 Å². The molecule has 2 nitrogen and oxygen atoms in total. The van der Waals surface area contributed by atoms with Gasteiger partial charge < -0.3 is 9.22 Å². The van der Waals surface area contributed by atoms with Crippen LogP contribution in [0.25, 0.3) is 0 Å². The minimum Gasteiger partial charge on any atom is -0.414 e. The van der Waals surface area contributed by atoms with Crippen LogP contribution in [0.1, 0.15) is 86.5 Å². The van der Waals surface area contributed by atoms with Crippen LogP contribution in [-0.2, 0) is 9.22 Å². The van der Waals surface area contributed by atoms with Gasteiger partial charge in [0.15, 0.2) is 8.32 Å². The number of hydrogen-bond acceptors (Lipinski definition) is 2. The molecular formula is C28H46O2Si. The van der Waals surface area contributed by atoms with Gasteiger partial charge in [-0.05, 0) is 91.7 Å². The molecule has 0 amide bonds. The second kappa shape index (κ2) is 7.69. The second-order valence-electron chi connectivity index (χ2n) is 13.3. The molecule has 31 heavy (non-hydrogen) atoms. The van der Waals surface area contributed by atoms with Crippen molar-refractivity contribution >= 4 is 14.6 Å². The van der Waals surface area contributed by atoms with E-state index in [4.69, 9.17) is 4.43 Å². The largest absolute Gasteiger partial charge is 0.414 e. The number of hydrogen-bond donors (Lipinski definition) is 0. The summed E-state index contributed by atoms with van der Waals surface area (Å²) in [6.07, 6.45) is 15.3. The van der Waals surface area contributed by atoms with Crippen molar-refractivity contribution in [3.05, 3.63) is 23.3 Å². The second-order valence-corrected chi connectivity index (χ2v) is 18.1. The van der Waals surface area contributed by atoms with Crippen LogP contribution in [0.15, 0.2) is 23.3 Å². The Morgan fingerprint density at radius 3 is 2.42 bits per heavy atom. The summed E-state index contributed by atoms with van der Waals surface area (Å²) >= 11 is 0. The Kier molecular flexibility index (Phi) is 5.82. The number of carbonyl (C=O) groups excluding carboxylic acids is 1. The van der Waals surface area contributed by atoms with Crippen molar-refractivity contribution in [3.8, 4) is 0 Å². The Bertz CT molecular complexity index is 787. The van der Waals surface area contributed by atoms with Crippen molar-refractivity contribution in [1.29, 1.82) is 0 Å². The first-order valence-electron chi connectivity index (χ1n) is 12.9. The molecule has 0 heterocycles. The van der Waals surface area contributed by atoms with E-state index >= 15 is 0 Å². The molecule has 1 unspecified atom stereocenters. The average molecular weight is 443 g/mol. The number of aldehydes is 1. The highest BCUT2D eigenvalue weighted by Gasteiger charge is 2.57. The fourth-order valence-electron chi connectivity index (χ4n) is 7.66. The molecule has 4 aliphatic rings. The average Bonchev–Trinajstić information content (AvgIpc) is 3.04. The zero-order valence-electron chi connectivity index (χ0n) is 21.4. The predicted molar refractivity (Wildman–Crippen MR) is 132 cm³/mol. The van der Waals surface area contributed by atoms with Crippen molar-refractivity contribution in [2.24, 2.45) is 34.5 Å². The normalized spacial score (nSPS) is 41.4. The van der Waals surface area contributed by atoms with E-state index in [-0.39, 0.29) is 11.0 Å². The third-order valence-electron chi connectivity index (χ3n) is 10.7. The van der Waals surface area contributed by atoms with Gasteiger partial charge in [0.05, 0.1) is 0 Å². The van der Waals surface area contributed by atoms with Gasteiger partial charge in [0.1, 0.15) is 6.29 Å². The fraction of sp³-hybridized carbons (Fsp3) is 0.821. The van der Waals surface area contributed by atoms with Crippen LogP contribution in [0.5, 0.6) is 0 Å². The lowest BCUT2D eigenvalue weighted by Crippen LogP contribution is -2.49. The minimum absolute atomic E-state index is 0.195. The summed E-state index contributed by atoms with van der Waals surface area (Å²) < 4.78 is 6.86. The van der Waals surface area contributed by atoms with Gasteiger partial charge in [0.25, 0.3) is 0 Å². The lowest BCUT2D eigenvalue weighted by atomic mass is 9.50. The van der Waals surface area contributed by atoms with Gasteiger partial charge in [0, 0.05) is 12.0 Å². The molecule has 7 atom stereocenters. The number of rotatable bonds is 4.